The summed E-state index contributed by atoms with van der Waals surface area (Å²) >= 11 is 0. The molecule has 0 bridgehead atoms. The number of piperazine rings is 1. The van der Waals surface area contributed by atoms with E-state index in [4.69, 9.17) is 4.74 Å². The third kappa shape index (κ3) is 4.11. The summed E-state index contributed by atoms with van der Waals surface area (Å²) < 4.78 is 33.5. The summed E-state index contributed by atoms with van der Waals surface area (Å²) in [5, 5.41) is 0. The summed E-state index contributed by atoms with van der Waals surface area (Å²) in [6.45, 7) is 5.55. The largest absolute Gasteiger partial charge is 0.495 e. The molecule has 0 spiro atoms. The second-order valence-corrected chi connectivity index (χ2v) is 8.28. The van der Waals surface area contributed by atoms with E-state index in [9.17, 15) is 8.42 Å². The summed E-state index contributed by atoms with van der Waals surface area (Å²) in [4.78, 5) is 4.76. The maximum absolute atomic E-state index is 12.7. The molecule has 7 heteroatoms. The van der Waals surface area contributed by atoms with E-state index >= 15 is 0 Å². The normalized spacial score (nSPS) is 15.7. The molecular weight excluding hydrogens is 350 g/mol. The van der Waals surface area contributed by atoms with Crippen molar-refractivity contribution in [1.29, 1.82) is 0 Å². The van der Waals surface area contributed by atoms with Gasteiger partial charge in [0.1, 0.15) is 5.75 Å². The highest BCUT2D eigenvalue weighted by molar-refractivity contribution is 7.92. The molecule has 2 aromatic carbocycles. The lowest BCUT2D eigenvalue weighted by molar-refractivity contribution is 0.311. The van der Waals surface area contributed by atoms with Gasteiger partial charge in [-0.2, -0.15) is 0 Å². The van der Waals surface area contributed by atoms with Crippen LogP contribution in [-0.4, -0.2) is 53.7 Å². The highest BCUT2D eigenvalue weighted by atomic mass is 32.2. The van der Waals surface area contributed by atoms with Gasteiger partial charge in [0.25, 0.3) is 10.0 Å². The van der Waals surface area contributed by atoms with Crippen molar-refractivity contribution in [3.8, 4) is 5.75 Å². The molecule has 0 amide bonds. The minimum Gasteiger partial charge on any atom is -0.495 e. The molecule has 0 unspecified atom stereocenters. The third-order valence-electron chi connectivity index (χ3n) is 4.57. The van der Waals surface area contributed by atoms with Gasteiger partial charge in [0.15, 0.2) is 0 Å². The van der Waals surface area contributed by atoms with Crippen LogP contribution < -0.4 is 14.4 Å². The molecule has 1 heterocycles. The predicted octanol–water partition coefficient (Wildman–Crippen LogP) is 2.56. The fourth-order valence-electron chi connectivity index (χ4n) is 3.04. The minimum atomic E-state index is -3.63. The number of hydrogen-bond acceptors (Lipinski definition) is 5. The molecule has 140 valence electrons. The lowest BCUT2D eigenvalue weighted by atomic mass is 10.2. The third-order valence-corrected chi connectivity index (χ3v) is 5.95. The van der Waals surface area contributed by atoms with Crippen LogP contribution >= 0.6 is 0 Å². The molecular formula is C19H25N3O3S. The zero-order valence-corrected chi connectivity index (χ0v) is 16.2. The van der Waals surface area contributed by atoms with Gasteiger partial charge in [-0.25, -0.2) is 8.42 Å². The predicted molar refractivity (Wildman–Crippen MR) is 105 cm³/mol. The van der Waals surface area contributed by atoms with Gasteiger partial charge in [0.05, 0.1) is 23.4 Å². The van der Waals surface area contributed by atoms with Crippen molar-refractivity contribution in [2.24, 2.45) is 0 Å². The lowest BCUT2D eigenvalue weighted by Gasteiger charge is -2.35. The second kappa shape index (κ2) is 7.55. The number of aryl methyl sites for hydroxylation is 1. The molecule has 1 N–H and O–H groups in total. The zero-order chi connectivity index (χ0) is 18.7. The van der Waals surface area contributed by atoms with Crippen molar-refractivity contribution in [3.05, 3.63) is 48.0 Å². The van der Waals surface area contributed by atoms with Crippen LogP contribution in [0.15, 0.2) is 47.4 Å². The Balaban J connectivity index is 1.88. The molecule has 0 aromatic heterocycles. The smallest absolute Gasteiger partial charge is 0.261 e. The van der Waals surface area contributed by atoms with Crippen LogP contribution in [0.1, 0.15) is 5.56 Å². The average molecular weight is 375 g/mol. The summed E-state index contributed by atoms with van der Waals surface area (Å²) in [6.07, 6.45) is 0. The standard InChI is InChI=1S/C19H25N3O3S/c1-15-5-4-6-17(13-15)26(23,24)20-16-7-8-19(25-3)18(14-16)22-11-9-21(2)10-12-22/h4-8,13-14,20H,9-12H2,1-3H3. The fourth-order valence-corrected chi connectivity index (χ4v) is 4.20. The molecule has 1 saturated heterocycles. The van der Waals surface area contributed by atoms with Crippen molar-refractivity contribution in [2.75, 3.05) is 50.0 Å². The molecule has 2 aromatic rings. The van der Waals surface area contributed by atoms with Crippen molar-refractivity contribution >= 4 is 21.4 Å². The van der Waals surface area contributed by atoms with Crippen LogP contribution in [0.3, 0.4) is 0 Å². The van der Waals surface area contributed by atoms with Crippen LogP contribution in [0.4, 0.5) is 11.4 Å². The molecule has 0 radical (unpaired) electrons. The van der Waals surface area contributed by atoms with Gasteiger partial charge in [-0.3, -0.25) is 4.72 Å². The Kier molecular flexibility index (Phi) is 5.38. The first-order valence-corrected chi connectivity index (χ1v) is 10.1. The van der Waals surface area contributed by atoms with E-state index in [-0.39, 0.29) is 4.90 Å². The molecule has 1 aliphatic rings. The number of nitrogens with zero attached hydrogens (tertiary/aromatic N) is 2. The number of benzene rings is 2. The molecule has 1 fully saturated rings. The number of methoxy groups -OCH3 is 1. The fraction of sp³-hybridized carbons (Fsp3) is 0.368. The van der Waals surface area contributed by atoms with Gasteiger partial charge in [-0.1, -0.05) is 12.1 Å². The molecule has 0 saturated carbocycles. The average Bonchev–Trinajstić information content (AvgIpc) is 2.62. The summed E-state index contributed by atoms with van der Waals surface area (Å²) in [7, 11) is 0.0994. The Hall–Kier alpha value is -2.25. The SMILES string of the molecule is COc1ccc(NS(=O)(=O)c2cccc(C)c2)cc1N1CCN(C)CC1. The topological polar surface area (TPSA) is 61.9 Å². The maximum Gasteiger partial charge on any atom is 0.261 e. The number of sulfonamides is 1. The van der Waals surface area contributed by atoms with Crippen LogP contribution in [-0.2, 0) is 10.0 Å². The van der Waals surface area contributed by atoms with E-state index in [1.165, 1.54) is 0 Å². The molecule has 0 atom stereocenters. The van der Waals surface area contributed by atoms with E-state index in [0.717, 1.165) is 43.2 Å². The van der Waals surface area contributed by atoms with Gasteiger partial charge in [-0.15, -0.1) is 0 Å². The van der Waals surface area contributed by atoms with E-state index in [0.29, 0.717) is 5.69 Å². The Morgan fingerprint density at radius 3 is 2.42 bits per heavy atom. The van der Waals surface area contributed by atoms with Crippen LogP contribution in [0.25, 0.3) is 0 Å². The van der Waals surface area contributed by atoms with Crippen LogP contribution in [0.5, 0.6) is 5.75 Å². The Bertz CT molecular complexity index is 875. The van der Waals surface area contributed by atoms with Crippen molar-refractivity contribution < 1.29 is 13.2 Å². The van der Waals surface area contributed by atoms with E-state index in [1.807, 2.05) is 25.1 Å². The number of anilines is 2. The first kappa shape index (κ1) is 18.5. The minimum absolute atomic E-state index is 0.259. The Morgan fingerprint density at radius 1 is 1.04 bits per heavy atom. The number of likely N-dealkylation sites (N-methyl/N-ethyl adjacent to an activating group) is 1. The van der Waals surface area contributed by atoms with Gasteiger partial charge in [-0.05, 0) is 49.9 Å². The highest BCUT2D eigenvalue weighted by Gasteiger charge is 2.20. The van der Waals surface area contributed by atoms with Gasteiger partial charge < -0.3 is 14.5 Å². The van der Waals surface area contributed by atoms with E-state index in [2.05, 4.69) is 21.6 Å². The Morgan fingerprint density at radius 2 is 1.77 bits per heavy atom. The van der Waals surface area contributed by atoms with E-state index in [1.54, 1.807) is 31.4 Å². The maximum atomic E-state index is 12.7. The van der Waals surface area contributed by atoms with Crippen molar-refractivity contribution in [1.82, 2.24) is 4.90 Å². The summed E-state index contributed by atoms with van der Waals surface area (Å²) in [6, 6.07) is 12.3. The van der Waals surface area contributed by atoms with Crippen LogP contribution in [0, 0.1) is 6.92 Å². The molecule has 1 aliphatic heterocycles. The van der Waals surface area contributed by atoms with Gasteiger partial charge >= 0.3 is 0 Å². The monoisotopic (exact) mass is 375 g/mol. The summed E-state index contributed by atoms with van der Waals surface area (Å²) in [5.74, 6) is 0.744. The molecule has 6 nitrogen and oxygen atoms in total. The molecule has 3 rings (SSSR count). The second-order valence-electron chi connectivity index (χ2n) is 6.60. The first-order valence-electron chi connectivity index (χ1n) is 8.60. The molecule has 0 aliphatic carbocycles. The number of ether oxygens (including phenoxy) is 1. The molecule has 26 heavy (non-hydrogen) atoms. The van der Waals surface area contributed by atoms with Crippen molar-refractivity contribution in [2.45, 2.75) is 11.8 Å². The quantitative estimate of drug-likeness (QED) is 0.870. The van der Waals surface area contributed by atoms with Gasteiger partial charge in [0, 0.05) is 26.2 Å². The zero-order valence-electron chi connectivity index (χ0n) is 15.4. The number of nitrogens with one attached hydrogen (secondary N) is 1. The number of rotatable bonds is 5. The lowest BCUT2D eigenvalue weighted by Crippen LogP contribution is -2.44. The number of hydrogen-bond donors (Lipinski definition) is 1. The summed E-state index contributed by atoms with van der Waals surface area (Å²) in [5.41, 5.74) is 2.34. The van der Waals surface area contributed by atoms with E-state index < -0.39 is 10.0 Å². The van der Waals surface area contributed by atoms with Crippen molar-refractivity contribution in [3.63, 3.8) is 0 Å². The first-order chi connectivity index (χ1) is 12.4. The van der Waals surface area contributed by atoms with Crippen LogP contribution in [0.2, 0.25) is 0 Å². The van der Waals surface area contributed by atoms with Gasteiger partial charge in [0.2, 0.25) is 0 Å². The highest BCUT2D eigenvalue weighted by Crippen LogP contribution is 2.32. The Labute approximate surface area is 155 Å².